The molecule has 0 saturated carbocycles. The molecule has 0 bridgehead atoms. The van der Waals surface area contributed by atoms with Gasteiger partial charge in [-0.1, -0.05) is 6.07 Å². The Morgan fingerprint density at radius 2 is 2.11 bits per heavy atom. The third kappa shape index (κ3) is 2.12. The number of thiophene rings is 1. The zero-order valence-corrected chi connectivity index (χ0v) is 12.2. The van der Waals surface area contributed by atoms with Gasteiger partial charge in [0.15, 0.2) is 0 Å². The monoisotopic (exact) mass is 280 g/mol. The van der Waals surface area contributed by atoms with Crippen LogP contribution in [0.25, 0.3) is 0 Å². The minimum atomic E-state index is -0.401. The summed E-state index contributed by atoms with van der Waals surface area (Å²) in [5.41, 5.74) is 1.14. The Morgan fingerprint density at radius 1 is 1.42 bits per heavy atom. The molecule has 19 heavy (non-hydrogen) atoms. The largest absolute Gasteiger partial charge is 0.466 e. The lowest BCUT2D eigenvalue weighted by Crippen LogP contribution is -2.47. The Kier molecular flexibility index (Phi) is 3.61. The highest BCUT2D eigenvalue weighted by molar-refractivity contribution is 7.10. The molecule has 0 aromatic carbocycles. The fourth-order valence-corrected chi connectivity index (χ4v) is 3.09. The van der Waals surface area contributed by atoms with Crippen LogP contribution in [0.2, 0.25) is 0 Å². The van der Waals surface area contributed by atoms with E-state index in [1.807, 2.05) is 17.5 Å². The van der Waals surface area contributed by atoms with E-state index in [2.05, 4.69) is 0 Å². The summed E-state index contributed by atoms with van der Waals surface area (Å²) in [6, 6.07) is 3.31. The Balaban J connectivity index is 2.59. The molecule has 5 nitrogen and oxygen atoms in total. The minimum absolute atomic E-state index is 0.136. The second kappa shape index (κ2) is 5.05. The number of ether oxygens (including phenoxy) is 1. The van der Waals surface area contributed by atoms with Crippen molar-refractivity contribution in [3.05, 3.63) is 33.7 Å². The summed E-state index contributed by atoms with van der Waals surface area (Å²) >= 11 is 1.52. The fourth-order valence-electron chi connectivity index (χ4n) is 2.21. The van der Waals surface area contributed by atoms with E-state index in [0.717, 1.165) is 4.88 Å². The molecule has 0 N–H and O–H groups in total. The Labute approximate surface area is 116 Å². The van der Waals surface area contributed by atoms with E-state index in [0.29, 0.717) is 11.3 Å². The van der Waals surface area contributed by atoms with Gasteiger partial charge in [0.1, 0.15) is 6.04 Å². The summed E-state index contributed by atoms with van der Waals surface area (Å²) in [6.07, 6.45) is 0. The van der Waals surface area contributed by atoms with Crippen LogP contribution in [-0.2, 0) is 9.53 Å². The number of carbonyl (C=O) groups excluding carboxylic acids is 2. The number of hydrogen-bond acceptors (Lipinski definition) is 4. The maximum absolute atomic E-state index is 12.2. The van der Waals surface area contributed by atoms with Crippen molar-refractivity contribution >= 4 is 23.3 Å². The summed E-state index contributed by atoms with van der Waals surface area (Å²) < 4.78 is 4.86. The number of allylic oxidation sites excluding steroid dienone is 1. The van der Waals surface area contributed by atoms with Gasteiger partial charge in [0.25, 0.3) is 0 Å². The predicted octanol–water partition coefficient (Wildman–Crippen LogP) is 2.23. The average Bonchev–Trinajstić information content (AvgIpc) is 2.93. The lowest BCUT2D eigenvalue weighted by atomic mass is 9.99. The number of carbonyl (C=O) groups is 2. The first kappa shape index (κ1) is 13.6. The third-order valence-electron chi connectivity index (χ3n) is 3.36. The second-order valence-electron chi connectivity index (χ2n) is 4.36. The molecule has 2 heterocycles. The third-order valence-corrected chi connectivity index (χ3v) is 4.29. The first-order valence-corrected chi connectivity index (χ1v) is 6.70. The fraction of sp³-hybridized carbons (Fsp3) is 0.385. The number of methoxy groups -OCH3 is 1. The molecule has 0 fully saturated rings. The number of amides is 2. The molecule has 0 spiro atoms. The van der Waals surface area contributed by atoms with Crippen molar-refractivity contribution < 1.29 is 14.3 Å². The van der Waals surface area contributed by atoms with E-state index >= 15 is 0 Å². The zero-order valence-electron chi connectivity index (χ0n) is 11.3. The van der Waals surface area contributed by atoms with E-state index in [1.54, 1.807) is 25.9 Å². The summed E-state index contributed by atoms with van der Waals surface area (Å²) in [4.78, 5) is 28.2. The van der Waals surface area contributed by atoms with Crippen LogP contribution >= 0.6 is 11.3 Å². The molecule has 2 amide bonds. The topological polar surface area (TPSA) is 49.9 Å². The molecule has 0 aliphatic carbocycles. The normalized spacial score (nSPS) is 20.0. The molecule has 0 saturated heterocycles. The Bertz CT molecular complexity index is 536. The standard InChI is InChI=1S/C13H16N2O3S/c1-8-10(12(16)18-4)11(9-6-5-7-19-9)15(3)13(17)14(8)2/h5-7,11H,1-4H3/t11-/m0/s1. The van der Waals surface area contributed by atoms with Crippen LogP contribution in [0.3, 0.4) is 0 Å². The maximum atomic E-state index is 12.2. The molecule has 1 aliphatic heterocycles. The van der Waals surface area contributed by atoms with E-state index < -0.39 is 5.97 Å². The van der Waals surface area contributed by atoms with E-state index in [1.165, 1.54) is 23.3 Å². The van der Waals surface area contributed by atoms with Gasteiger partial charge in [0, 0.05) is 24.7 Å². The summed E-state index contributed by atoms with van der Waals surface area (Å²) in [6.45, 7) is 1.76. The predicted molar refractivity (Wildman–Crippen MR) is 72.7 cm³/mol. The molecular formula is C13H16N2O3S. The quantitative estimate of drug-likeness (QED) is 0.781. The van der Waals surface area contributed by atoms with Crippen molar-refractivity contribution in [3.63, 3.8) is 0 Å². The number of rotatable bonds is 2. The van der Waals surface area contributed by atoms with Gasteiger partial charge in [0.2, 0.25) is 0 Å². The van der Waals surface area contributed by atoms with Crippen molar-refractivity contribution in [1.82, 2.24) is 9.80 Å². The number of esters is 1. The maximum Gasteiger partial charge on any atom is 0.338 e. The minimum Gasteiger partial charge on any atom is -0.466 e. The van der Waals surface area contributed by atoms with Gasteiger partial charge in [-0.2, -0.15) is 0 Å². The highest BCUT2D eigenvalue weighted by Crippen LogP contribution is 2.37. The molecule has 1 atom stereocenters. The number of hydrogen-bond donors (Lipinski definition) is 0. The molecule has 6 heteroatoms. The van der Waals surface area contributed by atoms with E-state index in [4.69, 9.17) is 4.74 Å². The molecule has 1 aromatic heterocycles. The van der Waals surface area contributed by atoms with Gasteiger partial charge in [-0.05, 0) is 18.4 Å². The first-order chi connectivity index (χ1) is 8.99. The highest BCUT2D eigenvalue weighted by Gasteiger charge is 2.39. The van der Waals surface area contributed by atoms with Gasteiger partial charge in [0.05, 0.1) is 12.7 Å². The molecule has 1 aliphatic rings. The van der Waals surface area contributed by atoms with Gasteiger partial charge >= 0.3 is 12.0 Å². The molecule has 102 valence electrons. The summed E-state index contributed by atoms with van der Waals surface area (Å²) in [5, 5.41) is 1.93. The van der Waals surface area contributed by atoms with Gasteiger partial charge < -0.3 is 14.5 Å². The Morgan fingerprint density at radius 3 is 2.63 bits per heavy atom. The summed E-state index contributed by atoms with van der Waals surface area (Å²) in [7, 11) is 4.70. The van der Waals surface area contributed by atoms with Crippen molar-refractivity contribution in [2.24, 2.45) is 0 Å². The lowest BCUT2D eigenvalue weighted by Gasteiger charge is -2.38. The van der Waals surface area contributed by atoms with Crippen molar-refractivity contribution in [1.29, 1.82) is 0 Å². The van der Waals surface area contributed by atoms with Gasteiger partial charge in [-0.15, -0.1) is 11.3 Å². The van der Waals surface area contributed by atoms with Crippen molar-refractivity contribution in [2.75, 3.05) is 21.2 Å². The van der Waals surface area contributed by atoms with Crippen molar-refractivity contribution in [2.45, 2.75) is 13.0 Å². The highest BCUT2D eigenvalue weighted by atomic mass is 32.1. The smallest absolute Gasteiger partial charge is 0.338 e. The van der Waals surface area contributed by atoms with Crippen LogP contribution in [-0.4, -0.2) is 43.0 Å². The number of urea groups is 1. The van der Waals surface area contributed by atoms with Crippen LogP contribution in [0.15, 0.2) is 28.8 Å². The molecule has 0 radical (unpaired) electrons. The molecule has 2 rings (SSSR count). The van der Waals surface area contributed by atoms with Gasteiger partial charge in [-0.3, -0.25) is 0 Å². The molecular weight excluding hydrogens is 264 g/mol. The average molecular weight is 280 g/mol. The molecule has 0 unspecified atom stereocenters. The SMILES string of the molecule is COC(=O)C1=C(C)N(C)C(=O)N(C)[C@H]1c1cccs1. The number of nitrogens with zero attached hydrogens (tertiary/aromatic N) is 2. The Hall–Kier alpha value is -1.82. The molecule has 1 aromatic rings. The second-order valence-corrected chi connectivity index (χ2v) is 5.34. The van der Waals surface area contributed by atoms with Crippen LogP contribution in [0.5, 0.6) is 0 Å². The van der Waals surface area contributed by atoms with E-state index in [-0.39, 0.29) is 12.1 Å². The van der Waals surface area contributed by atoms with Gasteiger partial charge in [-0.25, -0.2) is 9.59 Å². The van der Waals surface area contributed by atoms with Crippen LogP contribution < -0.4 is 0 Å². The zero-order chi connectivity index (χ0) is 14.2. The lowest BCUT2D eigenvalue weighted by molar-refractivity contribution is -0.137. The van der Waals surface area contributed by atoms with E-state index in [9.17, 15) is 9.59 Å². The van der Waals surface area contributed by atoms with Crippen LogP contribution in [0, 0.1) is 0 Å². The first-order valence-electron chi connectivity index (χ1n) is 5.82. The van der Waals surface area contributed by atoms with Crippen LogP contribution in [0.4, 0.5) is 4.79 Å². The van der Waals surface area contributed by atoms with Crippen LogP contribution in [0.1, 0.15) is 17.8 Å². The number of likely N-dealkylation sites (N-methyl/N-ethyl adjacent to an activating group) is 1. The van der Waals surface area contributed by atoms with Crippen molar-refractivity contribution in [3.8, 4) is 0 Å². The summed E-state index contributed by atoms with van der Waals surface area (Å²) in [5.74, 6) is -0.401.